The van der Waals surface area contributed by atoms with Gasteiger partial charge in [-0.3, -0.25) is 14.4 Å². The number of rotatable bonds is 3. The van der Waals surface area contributed by atoms with Crippen LogP contribution in [0.4, 0.5) is 5.69 Å². The molecule has 1 aliphatic heterocycles. The van der Waals surface area contributed by atoms with Crippen molar-refractivity contribution in [1.82, 2.24) is 9.97 Å². The SMILES string of the molecule is CCN(CC)c1ccc2nc3c4ccccc4c(=O)cc-3oc2c1.O=C1c2ccccc2Cc2cc3c(=O)c4ccccc4[nH]c3cc21. The first-order valence-electron chi connectivity index (χ1n) is 16.1. The van der Waals surface area contributed by atoms with E-state index in [1.807, 2.05) is 97.1 Å². The smallest absolute Gasteiger partial charge is 0.197 e. The highest BCUT2D eigenvalue weighted by Gasteiger charge is 2.24. The van der Waals surface area contributed by atoms with Crippen LogP contribution in [0.25, 0.3) is 55.1 Å². The molecular formula is C41H31N3O4. The summed E-state index contributed by atoms with van der Waals surface area (Å²) in [5.74, 6) is 0.561. The number of aromatic amines is 1. The van der Waals surface area contributed by atoms with Gasteiger partial charge in [-0.25, -0.2) is 4.98 Å². The number of H-pyrrole nitrogens is 1. The highest BCUT2D eigenvalue weighted by Crippen LogP contribution is 2.32. The Morgan fingerprint density at radius 1 is 0.688 bits per heavy atom. The number of benzene rings is 6. The number of hydrogen-bond acceptors (Lipinski definition) is 6. The van der Waals surface area contributed by atoms with E-state index in [-0.39, 0.29) is 16.6 Å². The lowest BCUT2D eigenvalue weighted by molar-refractivity contribution is 0.103. The molecule has 0 saturated heterocycles. The van der Waals surface area contributed by atoms with E-state index < -0.39 is 0 Å². The van der Waals surface area contributed by atoms with Crippen molar-refractivity contribution in [3.63, 3.8) is 0 Å². The molecule has 0 amide bonds. The summed E-state index contributed by atoms with van der Waals surface area (Å²) in [6.45, 7) is 6.11. The molecule has 0 bridgehead atoms. The molecule has 0 fully saturated rings. The summed E-state index contributed by atoms with van der Waals surface area (Å²) in [7, 11) is 0. The molecule has 9 rings (SSSR count). The number of carbonyl (C=O) groups is 1. The van der Waals surface area contributed by atoms with Crippen molar-refractivity contribution < 1.29 is 9.21 Å². The Kier molecular flexibility index (Phi) is 7.10. The van der Waals surface area contributed by atoms with Crippen molar-refractivity contribution in [2.24, 2.45) is 0 Å². The predicted molar refractivity (Wildman–Crippen MR) is 193 cm³/mol. The fourth-order valence-electron chi connectivity index (χ4n) is 6.82. The van der Waals surface area contributed by atoms with Crippen LogP contribution in [-0.4, -0.2) is 28.8 Å². The van der Waals surface area contributed by atoms with Gasteiger partial charge in [0.05, 0.1) is 5.52 Å². The predicted octanol–water partition coefficient (Wildman–Crippen LogP) is 8.11. The van der Waals surface area contributed by atoms with E-state index in [0.717, 1.165) is 57.6 Å². The quantitative estimate of drug-likeness (QED) is 0.157. The molecule has 1 aromatic heterocycles. The average Bonchev–Trinajstić information content (AvgIpc) is 3.12. The second-order valence-electron chi connectivity index (χ2n) is 12.0. The zero-order chi connectivity index (χ0) is 32.9. The summed E-state index contributed by atoms with van der Waals surface area (Å²) < 4.78 is 6.03. The molecule has 2 heterocycles. The Morgan fingerprint density at radius 2 is 1.42 bits per heavy atom. The van der Waals surface area contributed by atoms with Crippen molar-refractivity contribution in [2.75, 3.05) is 18.0 Å². The summed E-state index contributed by atoms with van der Waals surface area (Å²) in [5, 5.41) is 2.82. The Hall–Kier alpha value is -6.08. The zero-order valence-electron chi connectivity index (χ0n) is 26.5. The van der Waals surface area contributed by atoms with Gasteiger partial charge in [0, 0.05) is 69.1 Å². The number of aromatic nitrogens is 2. The number of carbonyl (C=O) groups excluding carboxylic acids is 1. The minimum atomic E-state index is -0.0390. The van der Waals surface area contributed by atoms with Crippen LogP contribution in [-0.2, 0) is 6.42 Å². The van der Waals surface area contributed by atoms with E-state index >= 15 is 0 Å². The second kappa shape index (κ2) is 11.6. The molecule has 7 heteroatoms. The lowest BCUT2D eigenvalue weighted by Crippen LogP contribution is -2.21. The van der Waals surface area contributed by atoms with Crippen molar-refractivity contribution in [3.8, 4) is 11.5 Å². The van der Waals surface area contributed by atoms with Gasteiger partial charge in [0.25, 0.3) is 0 Å². The molecule has 2 aliphatic carbocycles. The molecule has 6 aromatic rings. The van der Waals surface area contributed by atoms with Crippen molar-refractivity contribution in [1.29, 1.82) is 0 Å². The van der Waals surface area contributed by atoms with Gasteiger partial charge < -0.3 is 14.3 Å². The third kappa shape index (κ3) is 4.83. The number of nitrogens with one attached hydrogen (secondary N) is 1. The van der Waals surface area contributed by atoms with E-state index in [0.29, 0.717) is 45.0 Å². The van der Waals surface area contributed by atoms with E-state index in [4.69, 9.17) is 9.40 Å². The Balaban J connectivity index is 0.000000140. The van der Waals surface area contributed by atoms with Crippen LogP contribution in [0, 0.1) is 0 Å². The van der Waals surface area contributed by atoms with Gasteiger partial charge in [0.1, 0.15) is 11.2 Å². The number of hydrogen-bond donors (Lipinski definition) is 1. The van der Waals surface area contributed by atoms with Crippen LogP contribution in [0.2, 0.25) is 0 Å². The standard InChI is InChI=1S/C21H13NO2.C20H18N2O2/c23-20-14-6-2-1-5-12(14)9-13-10-17-19(11-16(13)20)22-18-8-4-3-7-15(18)21(17)24;1-3-22(4-2)13-9-10-16-18(11-13)24-19-12-17(23)14-7-5-6-8-15(14)20(19)21-16/h1-8,10-11H,9H2,(H,22,24);5-12H,3-4H2,1-2H3. The van der Waals surface area contributed by atoms with E-state index in [1.54, 1.807) is 0 Å². The van der Waals surface area contributed by atoms with E-state index in [2.05, 4.69) is 29.8 Å². The van der Waals surface area contributed by atoms with Crippen molar-refractivity contribution in [3.05, 3.63) is 152 Å². The summed E-state index contributed by atoms with van der Waals surface area (Å²) in [4.78, 5) is 48.2. The highest BCUT2D eigenvalue weighted by atomic mass is 16.3. The fraction of sp³-hybridized carbons (Fsp3) is 0.122. The van der Waals surface area contributed by atoms with E-state index in [1.165, 1.54) is 6.07 Å². The number of nitrogens with zero attached hydrogens (tertiary/aromatic N) is 2. The van der Waals surface area contributed by atoms with Crippen LogP contribution in [0.3, 0.4) is 0 Å². The Morgan fingerprint density at radius 3 is 2.23 bits per heavy atom. The highest BCUT2D eigenvalue weighted by molar-refractivity contribution is 6.14. The molecule has 0 saturated carbocycles. The number of fused-ring (bicyclic) bond motifs is 8. The maximum absolute atomic E-state index is 12.8. The number of anilines is 1. The maximum Gasteiger partial charge on any atom is 0.197 e. The van der Waals surface area contributed by atoms with Gasteiger partial charge in [0.15, 0.2) is 28.0 Å². The molecule has 1 N–H and O–H groups in total. The van der Waals surface area contributed by atoms with Crippen molar-refractivity contribution in [2.45, 2.75) is 20.3 Å². The van der Waals surface area contributed by atoms with Gasteiger partial charge in [-0.15, -0.1) is 0 Å². The molecule has 0 unspecified atom stereocenters. The first-order valence-corrected chi connectivity index (χ1v) is 16.1. The normalized spacial score (nSPS) is 12.2. The zero-order valence-corrected chi connectivity index (χ0v) is 26.5. The number of para-hydroxylation sites is 1. The molecule has 7 nitrogen and oxygen atoms in total. The summed E-state index contributed by atoms with van der Waals surface area (Å²) in [6, 6.07) is 33.9. The number of ketones is 1. The summed E-state index contributed by atoms with van der Waals surface area (Å²) in [6.07, 6.45) is 0.680. The van der Waals surface area contributed by atoms with Gasteiger partial charge in [0.2, 0.25) is 0 Å². The first-order chi connectivity index (χ1) is 23.4. The van der Waals surface area contributed by atoms with Gasteiger partial charge >= 0.3 is 0 Å². The van der Waals surface area contributed by atoms with Crippen LogP contribution >= 0.6 is 0 Å². The van der Waals surface area contributed by atoms with Gasteiger partial charge in [-0.2, -0.15) is 0 Å². The monoisotopic (exact) mass is 629 g/mol. The maximum atomic E-state index is 12.8. The van der Waals surface area contributed by atoms with Crippen LogP contribution in [0.1, 0.15) is 40.9 Å². The van der Waals surface area contributed by atoms with Crippen LogP contribution in [0.5, 0.6) is 0 Å². The third-order valence-corrected chi connectivity index (χ3v) is 9.28. The molecule has 5 aromatic carbocycles. The summed E-state index contributed by atoms with van der Waals surface area (Å²) >= 11 is 0. The molecule has 3 aliphatic rings. The lowest BCUT2D eigenvalue weighted by atomic mass is 9.84. The molecular weight excluding hydrogens is 598 g/mol. The second-order valence-corrected chi connectivity index (χ2v) is 12.0. The van der Waals surface area contributed by atoms with Gasteiger partial charge in [-0.1, -0.05) is 60.7 Å². The van der Waals surface area contributed by atoms with Crippen LogP contribution < -0.4 is 15.8 Å². The molecule has 0 atom stereocenters. The third-order valence-electron chi connectivity index (χ3n) is 9.28. The minimum absolute atomic E-state index is 0.00783. The largest absolute Gasteiger partial charge is 0.453 e. The topological polar surface area (TPSA) is 96.3 Å². The van der Waals surface area contributed by atoms with Gasteiger partial charge in [-0.05, 0) is 67.8 Å². The molecule has 48 heavy (non-hydrogen) atoms. The van der Waals surface area contributed by atoms with Crippen LogP contribution in [0.15, 0.2) is 123 Å². The Labute approximate surface area is 275 Å². The minimum Gasteiger partial charge on any atom is -0.453 e. The average molecular weight is 630 g/mol. The van der Waals surface area contributed by atoms with Crippen molar-refractivity contribution >= 4 is 55.1 Å². The first kappa shape index (κ1) is 29.3. The number of pyridine rings is 1. The van der Waals surface area contributed by atoms with E-state index in [9.17, 15) is 14.4 Å². The Bertz CT molecular complexity index is 2650. The molecule has 0 radical (unpaired) electrons. The fourth-order valence-corrected chi connectivity index (χ4v) is 6.82. The summed E-state index contributed by atoms with van der Waals surface area (Å²) in [5.41, 5.74) is 8.18. The molecule has 234 valence electrons. The molecule has 0 spiro atoms. The lowest BCUT2D eigenvalue weighted by Gasteiger charge is -2.21.